The topological polar surface area (TPSA) is 105 Å². The van der Waals surface area contributed by atoms with E-state index in [4.69, 9.17) is 9.05 Å². The molecule has 0 saturated heterocycles. The Labute approximate surface area is 322 Å². The van der Waals surface area contributed by atoms with Gasteiger partial charge in [-0.2, -0.15) is 0 Å². The molecule has 0 heterocycles. The molecule has 0 aromatic carbocycles. The van der Waals surface area contributed by atoms with Crippen molar-refractivity contribution in [2.24, 2.45) is 0 Å². The van der Waals surface area contributed by atoms with Gasteiger partial charge >= 0.3 is 7.82 Å². The van der Waals surface area contributed by atoms with Gasteiger partial charge in [0.25, 0.3) is 0 Å². The first-order valence-corrected chi connectivity index (χ1v) is 23.6. The average molecular weight is 760 g/mol. The molecule has 0 saturated carbocycles. The van der Waals surface area contributed by atoms with Crippen LogP contribution in [0.25, 0.3) is 0 Å². The Bertz CT molecular complexity index is 865. The number of aliphatic hydroxyl groups excluding tert-OH is 1. The summed E-state index contributed by atoms with van der Waals surface area (Å²) in [7, 11) is 1.58. The number of carbonyl (C=O) groups excluding carboxylic acids is 1. The van der Waals surface area contributed by atoms with E-state index in [1.807, 2.05) is 27.2 Å². The molecule has 0 bridgehead atoms. The maximum atomic E-state index is 12.8. The van der Waals surface area contributed by atoms with Crippen molar-refractivity contribution in [3.8, 4) is 0 Å². The van der Waals surface area contributed by atoms with E-state index >= 15 is 0 Å². The smallest absolute Gasteiger partial charge is 0.387 e. The number of nitrogens with zero attached hydrogens (tertiary/aromatic N) is 1. The molecule has 0 spiro atoms. The van der Waals surface area contributed by atoms with E-state index in [0.29, 0.717) is 17.4 Å². The number of hydrogen-bond donors (Lipinski definition) is 3. The lowest BCUT2D eigenvalue weighted by atomic mass is 10.0. The van der Waals surface area contributed by atoms with E-state index in [9.17, 15) is 19.4 Å². The van der Waals surface area contributed by atoms with Gasteiger partial charge in [0.1, 0.15) is 13.2 Å². The fraction of sp³-hybridized carbons (Fsp3) is 0.930. The fourth-order valence-electron chi connectivity index (χ4n) is 6.45. The fourth-order valence-corrected chi connectivity index (χ4v) is 7.19. The van der Waals surface area contributed by atoms with Crippen LogP contribution in [0.1, 0.15) is 206 Å². The van der Waals surface area contributed by atoms with Gasteiger partial charge in [-0.1, -0.05) is 193 Å². The molecule has 310 valence electrons. The molecule has 0 aromatic rings. The Morgan fingerprint density at radius 3 is 1.42 bits per heavy atom. The molecule has 1 unspecified atom stereocenters. The van der Waals surface area contributed by atoms with E-state index in [1.54, 1.807) is 6.08 Å². The van der Waals surface area contributed by atoms with Crippen LogP contribution >= 0.6 is 7.82 Å². The molecule has 0 fully saturated rings. The van der Waals surface area contributed by atoms with Crippen molar-refractivity contribution < 1.29 is 32.9 Å². The molecule has 0 aliphatic heterocycles. The quantitative estimate of drug-likeness (QED) is 0.0249. The monoisotopic (exact) mass is 760 g/mol. The largest absolute Gasteiger partial charge is 0.472 e. The second-order valence-electron chi connectivity index (χ2n) is 16.4. The van der Waals surface area contributed by atoms with E-state index in [-0.39, 0.29) is 19.1 Å². The number of phosphoric ester groups is 1. The van der Waals surface area contributed by atoms with Crippen molar-refractivity contribution in [1.29, 1.82) is 0 Å². The number of carbonyl (C=O) groups is 1. The van der Waals surface area contributed by atoms with Crippen molar-refractivity contribution in [3.05, 3.63) is 12.2 Å². The van der Waals surface area contributed by atoms with Crippen LogP contribution in [0.3, 0.4) is 0 Å². The SMILES string of the molecule is CCCCCCCCCCCCCCCCC/C=C/[C@@H](O)[C@H](COP(=O)(O)OCC[N+](C)(C)C)NC(=O)CCCCCCCCCCCCCCC. The zero-order valence-electron chi connectivity index (χ0n) is 35.1. The lowest BCUT2D eigenvalue weighted by molar-refractivity contribution is -0.870. The second-order valence-corrected chi connectivity index (χ2v) is 17.9. The van der Waals surface area contributed by atoms with Crippen LogP contribution in [0.15, 0.2) is 12.2 Å². The highest BCUT2D eigenvalue weighted by Gasteiger charge is 2.27. The first-order chi connectivity index (χ1) is 25.0. The van der Waals surface area contributed by atoms with Crippen molar-refractivity contribution >= 4 is 13.7 Å². The lowest BCUT2D eigenvalue weighted by Gasteiger charge is -2.25. The molecule has 1 amide bonds. The molecule has 0 radical (unpaired) electrons. The van der Waals surface area contributed by atoms with Crippen LogP contribution in [0.5, 0.6) is 0 Å². The standard InChI is InChI=1S/C43H87N2O6P/c1-6-8-10-12-14-16-18-20-21-22-23-25-26-28-30-32-34-36-42(46)41(40-51-52(48,49)50-39-38-45(3,4)5)44-43(47)37-35-33-31-29-27-24-19-17-15-13-11-9-7-2/h34,36,41-42,46H,6-33,35,37-40H2,1-5H3,(H-,44,47,48,49)/p+1/b36-34+/t41-,42+/m0/s1. The molecule has 3 atom stereocenters. The molecule has 52 heavy (non-hydrogen) atoms. The number of phosphoric acid groups is 1. The van der Waals surface area contributed by atoms with E-state index in [2.05, 4.69) is 19.2 Å². The van der Waals surface area contributed by atoms with Gasteiger partial charge in [0.15, 0.2) is 0 Å². The Morgan fingerprint density at radius 2 is 1.02 bits per heavy atom. The number of rotatable bonds is 40. The molecule has 0 aliphatic rings. The number of allylic oxidation sites excluding steroid dienone is 1. The van der Waals surface area contributed by atoms with Crippen molar-refractivity contribution in [3.63, 3.8) is 0 Å². The summed E-state index contributed by atoms with van der Waals surface area (Å²) in [5.41, 5.74) is 0. The van der Waals surface area contributed by atoms with Crippen LogP contribution in [0.2, 0.25) is 0 Å². The number of nitrogens with one attached hydrogen (secondary N) is 1. The van der Waals surface area contributed by atoms with Gasteiger partial charge in [-0.15, -0.1) is 0 Å². The van der Waals surface area contributed by atoms with E-state index < -0.39 is 20.0 Å². The highest BCUT2D eigenvalue weighted by atomic mass is 31.2. The predicted octanol–water partition coefficient (Wildman–Crippen LogP) is 12.0. The van der Waals surface area contributed by atoms with Crippen molar-refractivity contribution in [1.82, 2.24) is 5.32 Å². The summed E-state index contributed by atoms with van der Waals surface area (Å²) in [6.07, 6.45) is 39.8. The van der Waals surface area contributed by atoms with E-state index in [1.165, 1.54) is 154 Å². The minimum Gasteiger partial charge on any atom is -0.387 e. The highest BCUT2D eigenvalue weighted by Crippen LogP contribution is 2.43. The summed E-state index contributed by atoms with van der Waals surface area (Å²) in [6.45, 7) is 4.82. The summed E-state index contributed by atoms with van der Waals surface area (Å²) in [6, 6.07) is -0.839. The van der Waals surface area contributed by atoms with Gasteiger partial charge in [-0.25, -0.2) is 4.57 Å². The third-order valence-electron chi connectivity index (χ3n) is 10.0. The Morgan fingerprint density at radius 1 is 0.635 bits per heavy atom. The van der Waals surface area contributed by atoms with Crippen molar-refractivity contribution in [2.75, 3.05) is 40.9 Å². The van der Waals surface area contributed by atoms with Crippen molar-refractivity contribution in [2.45, 2.75) is 219 Å². The van der Waals surface area contributed by atoms with Gasteiger partial charge in [-0.05, 0) is 19.3 Å². The number of likely N-dealkylation sites (N-methyl/N-ethyl adjacent to an activating group) is 1. The molecule has 3 N–H and O–H groups in total. The third-order valence-corrected chi connectivity index (χ3v) is 11.0. The van der Waals surface area contributed by atoms with Gasteiger partial charge in [0, 0.05) is 6.42 Å². The number of quaternary nitrogens is 1. The van der Waals surface area contributed by atoms with Crippen LogP contribution in [0.4, 0.5) is 0 Å². The molecule has 0 rings (SSSR count). The molecular weight excluding hydrogens is 671 g/mol. The summed E-state index contributed by atoms with van der Waals surface area (Å²) in [5.74, 6) is -0.176. The second kappa shape index (κ2) is 35.9. The predicted molar refractivity (Wildman–Crippen MR) is 222 cm³/mol. The average Bonchev–Trinajstić information content (AvgIpc) is 3.09. The normalized spacial score (nSPS) is 14.5. The maximum absolute atomic E-state index is 12.8. The molecular formula is C43H88N2O6P+. The Balaban J connectivity index is 4.41. The third kappa shape index (κ3) is 37.6. The van der Waals surface area contributed by atoms with Crippen LogP contribution < -0.4 is 5.32 Å². The first kappa shape index (κ1) is 51.2. The maximum Gasteiger partial charge on any atom is 0.472 e. The minimum absolute atomic E-state index is 0.0645. The molecule has 9 heteroatoms. The zero-order valence-corrected chi connectivity index (χ0v) is 36.0. The lowest BCUT2D eigenvalue weighted by Crippen LogP contribution is -2.45. The summed E-state index contributed by atoms with van der Waals surface area (Å²) in [4.78, 5) is 23.1. The van der Waals surface area contributed by atoms with Crippen LogP contribution in [-0.4, -0.2) is 73.4 Å². The van der Waals surface area contributed by atoms with Crippen LogP contribution in [0, 0.1) is 0 Å². The first-order valence-electron chi connectivity index (χ1n) is 22.1. The van der Waals surface area contributed by atoms with Gasteiger partial charge in [-0.3, -0.25) is 13.8 Å². The molecule has 0 aliphatic carbocycles. The number of hydrogen-bond acceptors (Lipinski definition) is 5. The molecule has 8 nitrogen and oxygen atoms in total. The Kier molecular flexibility index (Phi) is 35.4. The number of unbranched alkanes of at least 4 members (excludes halogenated alkanes) is 27. The van der Waals surface area contributed by atoms with Crippen LogP contribution in [-0.2, 0) is 18.4 Å². The van der Waals surface area contributed by atoms with Gasteiger partial charge in [0.05, 0.1) is 39.9 Å². The molecule has 0 aromatic heterocycles. The minimum atomic E-state index is -4.33. The summed E-state index contributed by atoms with van der Waals surface area (Å²) < 4.78 is 23.5. The number of amides is 1. The zero-order chi connectivity index (χ0) is 38.6. The summed E-state index contributed by atoms with van der Waals surface area (Å²) >= 11 is 0. The van der Waals surface area contributed by atoms with E-state index in [0.717, 1.165) is 32.1 Å². The van der Waals surface area contributed by atoms with Gasteiger partial charge < -0.3 is 19.8 Å². The highest BCUT2D eigenvalue weighted by molar-refractivity contribution is 7.47. The number of aliphatic hydroxyl groups is 1. The summed E-state index contributed by atoms with van der Waals surface area (Å²) in [5, 5.41) is 13.8. The Hall–Kier alpha value is -0.760. The van der Waals surface area contributed by atoms with Gasteiger partial charge in [0.2, 0.25) is 5.91 Å².